The molecule has 1 saturated heterocycles. The second kappa shape index (κ2) is 7.78. The van der Waals surface area contributed by atoms with E-state index in [0.717, 1.165) is 23.3 Å². The van der Waals surface area contributed by atoms with Crippen LogP contribution in [0, 0.1) is 13.8 Å². The third-order valence-corrected chi connectivity index (χ3v) is 5.73. The summed E-state index contributed by atoms with van der Waals surface area (Å²) < 4.78 is 5.73. The number of aryl methyl sites for hydroxylation is 2. The molecule has 2 N–H and O–H groups in total. The SMILES string of the molecule is Cc1ccc(Oc2ccc(NC(=O)CN3C(=O)NC4(CCCC4)C3=O)cn2)cc1C. The predicted octanol–water partition coefficient (Wildman–Crippen LogP) is 3.29. The molecule has 0 bridgehead atoms. The molecule has 30 heavy (non-hydrogen) atoms. The molecule has 0 atom stereocenters. The Kier molecular flexibility index (Phi) is 5.15. The fourth-order valence-electron chi connectivity index (χ4n) is 3.89. The molecular weight excluding hydrogens is 384 g/mol. The molecular formula is C22H24N4O4. The van der Waals surface area contributed by atoms with Gasteiger partial charge in [-0.1, -0.05) is 18.9 Å². The summed E-state index contributed by atoms with van der Waals surface area (Å²) in [6.07, 6.45) is 4.52. The molecule has 0 unspecified atom stereocenters. The Balaban J connectivity index is 1.35. The maximum absolute atomic E-state index is 12.6. The van der Waals surface area contributed by atoms with Gasteiger partial charge >= 0.3 is 6.03 Å². The molecule has 1 aromatic carbocycles. The molecule has 8 nitrogen and oxygen atoms in total. The first-order valence-corrected chi connectivity index (χ1v) is 10.0. The summed E-state index contributed by atoms with van der Waals surface area (Å²) in [5.41, 5.74) is 1.94. The molecule has 2 aromatic rings. The van der Waals surface area contributed by atoms with Gasteiger partial charge in [-0.2, -0.15) is 0 Å². The van der Waals surface area contributed by atoms with Crippen LogP contribution in [0.1, 0.15) is 36.8 Å². The Labute approximate surface area is 174 Å². The molecule has 1 saturated carbocycles. The van der Waals surface area contributed by atoms with E-state index >= 15 is 0 Å². The van der Waals surface area contributed by atoms with Crippen molar-refractivity contribution in [1.29, 1.82) is 0 Å². The third kappa shape index (κ3) is 3.85. The van der Waals surface area contributed by atoms with E-state index in [0.29, 0.717) is 30.2 Å². The van der Waals surface area contributed by atoms with Crippen LogP contribution in [0.2, 0.25) is 0 Å². The fourth-order valence-corrected chi connectivity index (χ4v) is 3.89. The number of carbonyl (C=O) groups is 3. The first-order chi connectivity index (χ1) is 14.4. The number of anilines is 1. The fraction of sp³-hybridized carbons (Fsp3) is 0.364. The van der Waals surface area contributed by atoms with Crippen LogP contribution < -0.4 is 15.4 Å². The van der Waals surface area contributed by atoms with E-state index in [9.17, 15) is 14.4 Å². The Morgan fingerprint density at radius 1 is 1.17 bits per heavy atom. The zero-order valence-corrected chi connectivity index (χ0v) is 17.0. The zero-order chi connectivity index (χ0) is 21.3. The number of imide groups is 1. The lowest BCUT2D eigenvalue weighted by atomic mass is 9.98. The average molecular weight is 408 g/mol. The minimum absolute atomic E-state index is 0.310. The third-order valence-electron chi connectivity index (χ3n) is 5.73. The summed E-state index contributed by atoms with van der Waals surface area (Å²) in [7, 11) is 0. The number of pyridine rings is 1. The van der Waals surface area contributed by atoms with Crippen molar-refractivity contribution in [2.24, 2.45) is 0 Å². The van der Waals surface area contributed by atoms with Crippen molar-refractivity contribution in [2.45, 2.75) is 45.1 Å². The molecule has 2 heterocycles. The van der Waals surface area contributed by atoms with Gasteiger partial charge < -0.3 is 15.4 Å². The average Bonchev–Trinajstić information content (AvgIpc) is 3.27. The lowest BCUT2D eigenvalue weighted by Gasteiger charge is -2.19. The Morgan fingerprint density at radius 2 is 1.93 bits per heavy atom. The minimum atomic E-state index is -0.813. The predicted molar refractivity (Wildman–Crippen MR) is 110 cm³/mol. The van der Waals surface area contributed by atoms with Crippen LogP contribution in [0.25, 0.3) is 0 Å². The van der Waals surface area contributed by atoms with Gasteiger partial charge in [0.2, 0.25) is 11.8 Å². The van der Waals surface area contributed by atoms with E-state index in [4.69, 9.17) is 4.74 Å². The molecule has 1 aliphatic heterocycles. The number of hydrogen-bond acceptors (Lipinski definition) is 5. The van der Waals surface area contributed by atoms with E-state index in [1.165, 1.54) is 11.8 Å². The van der Waals surface area contributed by atoms with Crippen LogP contribution in [0.3, 0.4) is 0 Å². The first-order valence-electron chi connectivity index (χ1n) is 10.0. The number of hydrogen-bond donors (Lipinski definition) is 2. The van der Waals surface area contributed by atoms with Crippen LogP contribution in [0.4, 0.5) is 10.5 Å². The van der Waals surface area contributed by atoms with E-state index in [1.54, 1.807) is 12.1 Å². The molecule has 4 rings (SSSR count). The van der Waals surface area contributed by atoms with E-state index < -0.39 is 17.5 Å². The largest absolute Gasteiger partial charge is 0.439 e. The van der Waals surface area contributed by atoms with Crippen molar-refractivity contribution in [3.05, 3.63) is 47.7 Å². The highest BCUT2D eigenvalue weighted by atomic mass is 16.5. The van der Waals surface area contributed by atoms with Crippen molar-refractivity contribution < 1.29 is 19.1 Å². The number of benzene rings is 1. The van der Waals surface area contributed by atoms with Gasteiger partial charge in [0.1, 0.15) is 17.8 Å². The summed E-state index contributed by atoms with van der Waals surface area (Å²) in [6, 6.07) is 8.58. The number of aromatic nitrogens is 1. The monoisotopic (exact) mass is 408 g/mol. The van der Waals surface area contributed by atoms with Crippen molar-refractivity contribution in [3.8, 4) is 11.6 Å². The summed E-state index contributed by atoms with van der Waals surface area (Å²) >= 11 is 0. The van der Waals surface area contributed by atoms with Crippen LogP contribution in [-0.2, 0) is 9.59 Å². The van der Waals surface area contributed by atoms with Gasteiger partial charge in [0, 0.05) is 6.07 Å². The van der Waals surface area contributed by atoms with Crippen molar-refractivity contribution >= 4 is 23.5 Å². The Morgan fingerprint density at radius 3 is 2.60 bits per heavy atom. The number of amides is 4. The maximum atomic E-state index is 12.6. The van der Waals surface area contributed by atoms with E-state index in [1.807, 2.05) is 32.0 Å². The number of nitrogens with zero attached hydrogens (tertiary/aromatic N) is 2. The summed E-state index contributed by atoms with van der Waals surface area (Å²) in [5, 5.41) is 5.43. The maximum Gasteiger partial charge on any atom is 0.325 e. The van der Waals surface area contributed by atoms with Gasteiger partial charge in [0.25, 0.3) is 5.91 Å². The van der Waals surface area contributed by atoms with E-state index in [2.05, 4.69) is 15.6 Å². The lowest BCUT2D eigenvalue weighted by Crippen LogP contribution is -2.44. The highest BCUT2D eigenvalue weighted by molar-refractivity contribution is 6.10. The van der Waals surface area contributed by atoms with Crippen LogP contribution in [0.5, 0.6) is 11.6 Å². The number of rotatable bonds is 5. The van der Waals surface area contributed by atoms with Crippen molar-refractivity contribution in [1.82, 2.24) is 15.2 Å². The number of nitrogens with one attached hydrogen (secondary N) is 2. The smallest absolute Gasteiger partial charge is 0.325 e. The molecule has 1 aliphatic carbocycles. The van der Waals surface area contributed by atoms with Crippen LogP contribution in [-0.4, -0.2) is 39.8 Å². The number of urea groups is 1. The summed E-state index contributed by atoms with van der Waals surface area (Å²) in [4.78, 5) is 42.4. The molecule has 4 amide bonds. The summed E-state index contributed by atoms with van der Waals surface area (Å²) in [5.74, 6) is 0.309. The molecule has 2 fully saturated rings. The van der Waals surface area contributed by atoms with Gasteiger partial charge in [0.05, 0.1) is 11.9 Å². The number of ether oxygens (including phenoxy) is 1. The normalized spacial score (nSPS) is 17.3. The second-order valence-corrected chi connectivity index (χ2v) is 7.89. The Bertz CT molecular complexity index is 997. The van der Waals surface area contributed by atoms with Gasteiger partial charge in [-0.25, -0.2) is 9.78 Å². The topological polar surface area (TPSA) is 101 Å². The molecule has 0 radical (unpaired) electrons. The van der Waals surface area contributed by atoms with Gasteiger partial charge in [-0.05, 0) is 56.0 Å². The Hall–Kier alpha value is -3.42. The molecule has 156 valence electrons. The first kappa shape index (κ1) is 19.9. The second-order valence-electron chi connectivity index (χ2n) is 7.89. The highest BCUT2D eigenvalue weighted by Gasteiger charge is 2.52. The molecule has 1 aromatic heterocycles. The van der Waals surface area contributed by atoms with Gasteiger partial charge in [-0.3, -0.25) is 14.5 Å². The van der Waals surface area contributed by atoms with E-state index in [-0.39, 0.29) is 12.5 Å². The highest BCUT2D eigenvalue weighted by Crippen LogP contribution is 2.35. The van der Waals surface area contributed by atoms with Gasteiger partial charge in [-0.15, -0.1) is 0 Å². The van der Waals surface area contributed by atoms with Gasteiger partial charge in [0.15, 0.2) is 0 Å². The van der Waals surface area contributed by atoms with Crippen molar-refractivity contribution in [3.63, 3.8) is 0 Å². The number of carbonyl (C=O) groups excluding carboxylic acids is 3. The van der Waals surface area contributed by atoms with Crippen LogP contribution >= 0.6 is 0 Å². The molecule has 1 spiro atoms. The molecule has 2 aliphatic rings. The summed E-state index contributed by atoms with van der Waals surface area (Å²) in [6.45, 7) is 3.71. The molecule has 8 heteroatoms. The minimum Gasteiger partial charge on any atom is -0.439 e. The zero-order valence-electron chi connectivity index (χ0n) is 17.0. The van der Waals surface area contributed by atoms with Crippen LogP contribution in [0.15, 0.2) is 36.5 Å². The lowest BCUT2D eigenvalue weighted by molar-refractivity contribution is -0.133. The quantitative estimate of drug-likeness (QED) is 0.740. The van der Waals surface area contributed by atoms with Crippen molar-refractivity contribution in [2.75, 3.05) is 11.9 Å². The standard InChI is InChI=1S/C22H24N4O4/c1-14-5-7-17(11-15(14)2)30-19-8-6-16(12-23-19)24-18(27)13-26-20(28)22(25-21(26)29)9-3-4-10-22/h5-8,11-12H,3-4,9-10,13H2,1-2H3,(H,24,27)(H,25,29).